The summed E-state index contributed by atoms with van der Waals surface area (Å²) in [6, 6.07) is 10.8. The second kappa shape index (κ2) is 7.57. The first-order valence-electron chi connectivity index (χ1n) is 7.89. The van der Waals surface area contributed by atoms with Gasteiger partial charge in [0.25, 0.3) is 5.56 Å². The van der Waals surface area contributed by atoms with Crippen molar-refractivity contribution in [2.24, 2.45) is 0 Å². The second-order valence-corrected chi connectivity index (χ2v) is 5.71. The van der Waals surface area contributed by atoms with Crippen molar-refractivity contribution in [1.29, 1.82) is 0 Å². The maximum absolute atomic E-state index is 12.5. The summed E-state index contributed by atoms with van der Waals surface area (Å²) in [5.74, 6) is 0. The van der Waals surface area contributed by atoms with Crippen LogP contribution in [-0.2, 0) is 22.8 Å². The summed E-state index contributed by atoms with van der Waals surface area (Å²) in [5, 5.41) is 9.14. The van der Waals surface area contributed by atoms with Crippen LogP contribution in [0.4, 0.5) is 0 Å². The first kappa shape index (κ1) is 16.6. The van der Waals surface area contributed by atoms with Crippen LogP contribution in [0.2, 0.25) is 0 Å². The van der Waals surface area contributed by atoms with Gasteiger partial charge in [-0.05, 0) is 18.4 Å². The van der Waals surface area contributed by atoms with E-state index in [1.165, 1.54) is 16.8 Å². The Kier molecular flexibility index (Phi) is 5.24. The molecule has 7 nitrogen and oxygen atoms in total. The molecule has 0 aliphatic carbocycles. The first-order chi connectivity index (χ1) is 11.7. The van der Waals surface area contributed by atoms with E-state index in [-0.39, 0.29) is 19.4 Å². The van der Waals surface area contributed by atoms with Crippen molar-refractivity contribution in [1.82, 2.24) is 9.13 Å². The third-order valence-electron chi connectivity index (χ3n) is 4.03. The van der Waals surface area contributed by atoms with Gasteiger partial charge in [-0.1, -0.05) is 30.3 Å². The van der Waals surface area contributed by atoms with Gasteiger partial charge in [0.2, 0.25) is 0 Å². The lowest BCUT2D eigenvalue weighted by atomic mass is 10.2. The Morgan fingerprint density at radius 3 is 2.67 bits per heavy atom. The number of aliphatic hydroxyl groups excluding tert-OH is 1. The van der Waals surface area contributed by atoms with E-state index < -0.39 is 17.5 Å². The lowest BCUT2D eigenvalue weighted by Gasteiger charge is -2.16. The molecule has 1 aliphatic rings. The molecule has 2 unspecified atom stereocenters. The molecule has 1 saturated heterocycles. The van der Waals surface area contributed by atoms with Crippen LogP contribution in [-0.4, -0.2) is 27.0 Å². The Morgan fingerprint density at radius 2 is 1.96 bits per heavy atom. The van der Waals surface area contributed by atoms with E-state index in [1.807, 2.05) is 30.3 Å². The number of ether oxygens (including phenoxy) is 2. The maximum atomic E-state index is 12.5. The standard InChI is InChI=1S/C17H20N2O5/c20-10-14-6-7-16(24-14)18-9-8-15(21)19(17(18)22)12-23-11-13-4-2-1-3-5-13/h1-5,8-9,14,16,20H,6-7,10-12H2. The van der Waals surface area contributed by atoms with E-state index >= 15 is 0 Å². The molecule has 0 saturated carbocycles. The van der Waals surface area contributed by atoms with Crippen molar-refractivity contribution in [3.05, 3.63) is 69.0 Å². The van der Waals surface area contributed by atoms with Crippen LogP contribution in [0.25, 0.3) is 0 Å². The van der Waals surface area contributed by atoms with E-state index in [0.29, 0.717) is 19.4 Å². The molecule has 1 fully saturated rings. The number of rotatable bonds is 6. The fourth-order valence-electron chi connectivity index (χ4n) is 2.72. The van der Waals surface area contributed by atoms with E-state index in [0.717, 1.165) is 10.1 Å². The fourth-order valence-corrected chi connectivity index (χ4v) is 2.72. The largest absolute Gasteiger partial charge is 0.394 e. The van der Waals surface area contributed by atoms with Crippen LogP contribution >= 0.6 is 0 Å². The van der Waals surface area contributed by atoms with E-state index in [1.54, 1.807) is 0 Å². The highest BCUT2D eigenvalue weighted by Gasteiger charge is 2.27. The number of hydrogen-bond donors (Lipinski definition) is 1. The topological polar surface area (TPSA) is 82.7 Å². The maximum Gasteiger partial charge on any atom is 0.335 e. The molecular weight excluding hydrogens is 312 g/mol. The summed E-state index contributed by atoms with van der Waals surface area (Å²) < 4.78 is 13.5. The van der Waals surface area contributed by atoms with Crippen LogP contribution in [0.5, 0.6) is 0 Å². The summed E-state index contributed by atoms with van der Waals surface area (Å²) in [7, 11) is 0. The van der Waals surface area contributed by atoms with E-state index in [9.17, 15) is 9.59 Å². The van der Waals surface area contributed by atoms with Gasteiger partial charge in [-0.15, -0.1) is 0 Å². The lowest BCUT2D eigenvalue weighted by molar-refractivity contribution is -0.0268. The molecule has 0 bridgehead atoms. The van der Waals surface area contributed by atoms with Crippen LogP contribution in [0.1, 0.15) is 24.6 Å². The minimum absolute atomic E-state index is 0.0783. The third kappa shape index (κ3) is 3.64. The second-order valence-electron chi connectivity index (χ2n) is 5.71. The molecule has 2 atom stereocenters. The summed E-state index contributed by atoms with van der Waals surface area (Å²) >= 11 is 0. The lowest BCUT2D eigenvalue weighted by Crippen LogP contribution is -2.41. The number of aliphatic hydroxyl groups is 1. The SMILES string of the molecule is O=c1ccn(C2CCC(CO)O2)c(=O)n1COCc1ccccc1. The molecule has 1 aromatic heterocycles. The van der Waals surface area contributed by atoms with Crippen molar-refractivity contribution >= 4 is 0 Å². The average Bonchev–Trinajstić information content (AvgIpc) is 3.07. The molecule has 0 amide bonds. The van der Waals surface area contributed by atoms with Gasteiger partial charge in [0.15, 0.2) is 0 Å². The zero-order valence-electron chi connectivity index (χ0n) is 13.2. The van der Waals surface area contributed by atoms with Crippen LogP contribution in [0.15, 0.2) is 52.2 Å². The van der Waals surface area contributed by atoms with Gasteiger partial charge in [-0.25, -0.2) is 9.36 Å². The summed E-state index contributed by atoms with van der Waals surface area (Å²) in [4.78, 5) is 24.5. The van der Waals surface area contributed by atoms with Crippen molar-refractivity contribution in [3.63, 3.8) is 0 Å². The highest BCUT2D eigenvalue weighted by atomic mass is 16.5. The van der Waals surface area contributed by atoms with Crippen LogP contribution < -0.4 is 11.2 Å². The first-order valence-corrected chi connectivity index (χ1v) is 7.89. The number of aromatic nitrogens is 2. The van der Waals surface area contributed by atoms with Gasteiger partial charge < -0.3 is 14.6 Å². The zero-order chi connectivity index (χ0) is 16.9. The molecule has 128 valence electrons. The smallest absolute Gasteiger partial charge is 0.335 e. The van der Waals surface area contributed by atoms with Crippen molar-refractivity contribution in [2.75, 3.05) is 6.61 Å². The van der Waals surface area contributed by atoms with Gasteiger partial charge in [-0.3, -0.25) is 9.36 Å². The van der Waals surface area contributed by atoms with E-state index in [4.69, 9.17) is 14.6 Å². The molecule has 2 heterocycles. The Labute approximate surface area is 138 Å². The van der Waals surface area contributed by atoms with Crippen molar-refractivity contribution in [2.45, 2.75) is 38.5 Å². The molecule has 0 spiro atoms. The minimum Gasteiger partial charge on any atom is -0.394 e. The molecular formula is C17H20N2O5. The van der Waals surface area contributed by atoms with Crippen LogP contribution in [0.3, 0.4) is 0 Å². The Bertz CT molecular complexity index is 784. The van der Waals surface area contributed by atoms with Gasteiger partial charge >= 0.3 is 5.69 Å². The Hall–Kier alpha value is -2.22. The Morgan fingerprint density at radius 1 is 1.17 bits per heavy atom. The zero-order valence-corrected chi connectivity index (χ0v) is 13.2. The van der Waals surface area contributed by atoms with Crippen molar-refractivity contribution < 1.29 is 14.6 Å². The van der Waals surface area contributed by atoms with Crippen molar-refractivity contribution in [3.8, 4) is 0 Å². The molecule has 1 aromatic carbocycles. The fraction of sp³-hybridized carbons (Fsp3) is 0.412. The average molecular weight is 332 g/mol. The monoisotopic (exact) mass is 332 g/mol. The molecule has 1 aliphatic heterocycles. The Balaban J connectivity index is 1.72. The summed E-state index contributed by atoms with van der Waals surface area (Å²) in [6.07, 6.45) is 2.00. The van der Waals surface area contributed by atoms with Gasteiger partial charge in [-0.2, -0.15) is 0 Å². The number of nitrogens with zero attached hydrogens (tertiary/aromatic N) is 2. The van der Waals surface area contributed by atoms with Crippen LogP contribution in [0, 0.1) is 0 Å². The van der Waals surface area contributed by atoms with E-state index in [2.05, 4.69) is 0 Å². The minimum atomic E-state index is -0.473. The molecule has 1 N–H and O–H groups in total. The third-order valence-corrected chi connectivity index (χ3v) is 4.03. The number of benzene rings is 1. The summed E-state index contributed by atoms with van der Waals surface area (Å²) in [5.41, 5.74) is 0.0758. The molecule has 3 rings (SSSR count). The summed E-state index contributed by atoms with van der Waals surface area (Å²) in [6.45, 7) is 0.114. The molecule has 2 aromatic rings. The molecule has 0 radical (unpaired) electrons. The predicted octanol–water partition coefficient (Wildman–Crippen LogP) is 0.854. The quantitative estimate of drug-likeness (QED) is 0.848. The molecule has 24 heavy (non-hydrogen) atoms. The van der Waals surface area contributed by atoms with Gasteiger partial charge in [0.1, 0.15) is 13.0 Å². The predicted molar refractivity (Wildman–Crippen MR) is 86.4 cm³/mol. The van der Waals surface area contributed by atoms with Gasteiger partial charge in [0.05, 0.1) is 19.3 Å². The van der Waals surface area contributed by atoms with Gasteiger partial charge in [0, 0.05) is 12.3 Å². The molecule has 7 heteroatoms. The normalized spacial score (nSPS) is 20.4. The number of hydrogen-bond acceptors (Lipinski definition) is 5. The highest BCUT2D eigenvalue weighted by Crippen LogP contribution is 2.26. The highest BCUT2D eigenvalue weighted by molar-refractivity contribution is 5.13.